The Morgan fingerprint density at radius 3 is 2.19 bits per heavy atom. The number of carbonyl (C=O) groups is 2. The molecule has 0 atom stereocenters. The van der Waals surface area contributed by atoms with Gasteiger partial charge in [0, 0.05) is 7.05 Å². The molecule has 0 fully saturated rings. The lowest BCUT2D eigenvalue weighted by atomic mass is 10.2. The van der Waals surface area contributed by atoms with E-state index in [-0.39, 0.29) is 18.0 Å². The number of esters is 1. The molecule has 7 nitrogen and oxygen atoms in total. The lowest BCUT2D eigenvalue weighted by Gasteiger charge is -2.16. The number of hydrogen-bond donors (Lipinski definition) is 1. The van der Waals surface area contributed by atoms with Gasteiger partial charge in [-0.1, -0.05) is 48.5 Å². The molecule has 2 aromatic rings. The summed E-state index contributed by atoms with van der Waals surface area (Å²) < 4.78 is 30.6. The van der Waals surface area contributed by atoms with Crippen LogP contribution in [0.4, 0.5) is 0 Å². The van der Waals surface area contributed by atoms with Crippen molar-refractivity contribution in [3.05, 3.63) is 66.2 Å². The van der Waals surface area contributed by atoms with Crippen molar-refractivity contribution in [1.29, 1.82) is 0 Å². The van der Waals surface area contributed by atoms with Crippen molar-refractivity contribution in [1.82, 2.24) is 9.62 Å². The molecule has 0 aliphatic heterocycles. The zero-order chi connectivity index (χ0) is 19.0. The van der Waals surface area contributed by atoms with Gasteiger partial charge in [-0.15, -0.1) is 0 Å². The first-order valence-corrected chi connectivity index (χ1v) is 9.31. The summed E-state index contributed by atoms with van der Waals surface area (Å²) in [6.07, 6.45) is 0. The number of hydrogen-bond acceptors (Lipinski definition) is 5. The van der Waals surface area contributed by atoms with Crippen LogP contribution in [0, 0.1) is 0 Å². The standard InChI is InChI=1S/C18H20N2O5S/c1-20(26(23,24)16-10-6-3-7-11-16)13-17(21)19-12-18(22)25-14-15-8-4-2-5-9-15/h2-11H,12-14H2,1H3,(H,19,21). The van der Waals surface area contributed by atoms with Gasteiger partial charge < -0.3 is 10.1 Å². The van der Waals surface area contributed by atoms with Gasteiger partial charge in [0.1, 0.15) is 13.2 Å². The van der Waals surface area contributed by atoms with Crippen molar-refractivity contribution >= 4 is 21.9 Å². The molecule has 0 saturated carbocycles. The third-order valence-corrected chi connectivity index (χ3v) is 5.31. The summed E-state index contributed by atoms with van der Waals surface area (Å²) >= 11 is 0. The largest absolute Gasteiger partial charge is 0.460 e. The van der Waals surface area contributed by atoms with Gasteiger partial charge in [-0.3, -0.25) is 9.59 Å². The summed E-state index contributed by atoms with van der Waals surface area (Å²) in [6, 6.07) is 16.9. The van der Waals surface area contributed by atoms with Gasteiger partial charge >= 0.3 is 5.97 Å². The third kappa shape index (κ3) is 5.68. The van der Waals surface area contributed by atoms with E-state index in [1.165, 1.54) is 19.2 Å². The molecule has 0 heterocycles. The average Bonchev–Trinajstić information content (AvgIpc) is 2.66. The quantitative estimate of drug-likeness (QED) is 0.698. The third-order valence-electron chi connectivity index (χ3n) is 3.49. The van der Waals surface area contributed by atoms with E-state index in [9.17, 15) is 18.0 Å². The molecule has 1 amide bonds. The molecule has 0 unspecified atom stereocenters. The fourth-order valence-corrected chi connectivity index (χ4v) is 3.22. The predicted octanol–water partition coefficient (Wildman–Crippen LogP) is 1.17. The topological polar surface area (TPSA) is 92.8 Å². The van der Waals surface area contributed by atoms with Gasteiger partial charge in [-0.2, -0.15) is 4.31 Å². The van der Waals surface area contributed by atoms with Crippen LogP contribution < -0.4 is 5.32 Å². The summed E-state index contributed by atoms with van der Waals surface area (Å²) in [5.41, 5.74) is 0.834. The van der Waals surface area contributed by atoms with Crippen LogP contribution in [0.25, 0.3) is 0 Å². The first-order chi connectivity index (χ1) is 12.4. The minimum absolute atomic E-state index is 0.0950. The minimum atomic E-state index is -3.76. The van der Waals surface area contributed by atoms with Crippen LogP contribution in [0.1, 0.15) is 5.56 Å². The zero-order valence-electron chi connectivity index (χ0n) is 14.3. The van der Waals surface area contributed by atoms with Crippen LogP contribution in [0.15, 0.2) is 65.6 Å². The molecule has 138 valence electrons. The minimum Gasteiger partial charge on any atom is -0.460 e. The van der Waals surface area contributed by atoms with E-state index in [2.05, 4.69) is 5.32 Å². The van der Waals surface area contributed by atoms with Crippen LogP contribution >= 0.6 is 0 Å². The molecule has 0 aliphatic rings. The van der Waals surface area contributed by atoms with Crippen molar-refractivity contribution in [2.75, 3.05) is 20.1 Å². The second-order valence-corrected chi connectivity index (χ2v) is 7.54. The van der Waals surface area contributed by atoms with Gasteiger partial charge in [-0.25, -0.2) is 8.42 Å². The first-order valence-electron chi connectivity index (χ1n) is 7.87. The SMILES string of the molecule is CN(CC(=O)NCC(=O)OCc1ccccc1)S(=O)(=O)c1ccccc1. The average molecular weight is 376 g/mol. The van der Waals surface area contributed by atoms with E-state index >= 15 is 0 Å². The van der Waals surface area contributed by atoms with Crippen LogP contribution in [-0.4, -0.2) is 44.7 Å². The lowest BCUT2D eigenvalue weighted by Crippen LogP contribution is -2.40. The van der Waals surface area contributed by atoms with E-state index < -0.39 is 28.4 Å². The van der Waals surface area contributed by atoms with Crippen LogP contribution in [0.2, 0.25) is 0 Å². The number of benzene rings is 2. The Labute approximate surface area is 152 Å². The maximum absolute atomic E-state index is 12.3. The molecule has 1 N–H and O–H groups in total. The Balaban J connectivity index is 1.78. The monoisotopic (exact) mass is 376 g/mol. The highest BCUT2D eigenvalue weighted by atomic mass is 32.2. The lowest BCUT2D eigenvalue weighted by molar-refractivity contribution is -0.145. The van der Waals surface area contributed by atoms with E-state index in [1.54, 1.807) is 18.2 Å². The number of nitrogens with zero attached hydrogens (tertiary/aromatic N) is 1. The van der Waals surface area contributed by atoms with E-state index in [0.29, 0.717) is 0 Å². The number of likely N-dealkylation sites (N-methyl/N-ethyl adjacent to an activating group) is 1. The van der Waals surface area contributed by atoms with Crippen molar-refractivity contribution in [3.63, 3.8) is 0 Å². The van der Waals surface area contributed by atoms with E-state index in [4.69, 9.17) is 4.74 Å². The molecule has 8 heteroatoms. The van der Waals surface area contributed by atoms with Gasteiger partial charge in [0.25, 0.3) is 0 Å². The smallest absolute Gasteiger partial charge is 0.325 e. The molecule has 0 aliphatic carbocycles. The molecule has 0 bridgehead atoms. The molecule has 0 aromatic heterocycles. The first kappa shape index (κ1) is 19.6. The second kappa shape index (κ2) is 9.12. The van der Waals surface area contributed by atoms with Crippen LogP contribution in [0.5, 0.6) is 0 Å². The van der Waals surface area contributed by atoms with Gasteiger partial charge in [0.15, 0.2) is 0 Å². The summed E-state index contributed by atoms with van der Waals surface area (Å²) in [5.74, 6) is -1.19. The van der Waals surface area contributed by atoms with Gasteiger partial charge in [0.05, 0.1) is 11.4 Å². The van der Waals surface area contributed by atoms with E-state index in [1.807, 2.05) is 30.3 Å². The molecule has 0 radical (unpaired) electrons. The number of rotatable bonds is 8. The molecule has 26 heavy (non-hydrogen) atoms. The summed E-state index contributed by atoms with van der Waals surface area (Å²) in [7, 11) is -2.46. The number of nitrogens with one attached hydrogen (secondary N) is 1. The molecular weight excluding hydrogens is 356 g/mol. The van der Waals surface area contributed by atoms with Crippen molar-refractivity contribution < 1.29 is 22.7 Å². The highest BCUT2D eigenvalue weighted by molar-refractivity contribution is 7.89. The predicted molar refractivity (Wildman–Crippen MR) is 95.5 cm³/mol. The summed E-state index contributed by atoms with van der Waals surface area (Å²) in [6.45, 7) is -0.619. The van der Waals surface area contributed by atoms with Crippen LogP contribution in [0.3, 0.4) is 0 Å². The summed E-state index contributed by atoms with van der Waals surface area (Å²) in [4.78, 5) is 23.6. The molecule has 0 saturated heterocycles. The van der Waals surface area contributed by atoms with Crippen molar-refractivity contribution in [2.24, 2.45) is 0 Å². The van der Waals surface area contributed by atoms with Gasteiger partial charge in [0.2, 0.25) is 15.9 Å². The normalized spacial score (nSPS) is 11.2. The Kier molecular flexibility index (Phi) is 6.88. The highest BCUT2D eigenvalue weighted by Gasteiger charge is 2.22. The number of sulfonamides is 1. The Morgan fingerprint density at radius 1 is 1.00 bits per heavy atom. The highest BCUT2D eigenvalue weighted by Crippen LogP contribution is 2.12. The summed E-state index contributed by atoms with van der Waals surface area (Å²) in [5, 5.41) is 2.35. The van der Waals surface area contributed by atoms with E-state index in [0.717, 1.165) is 9.87 Å². The Hall–Kier alpha value is -2.71. The second-order valence-electron chi connectivity index (χ2n) is 5.50. The number of amides is 1. The molecule has 2 aromatic carbocycles. The zero-order valence-corrected chi connectivity index (χ0v) is 15.1. The van der Waals surface area contributed by atoms with Crippen molar-refractivity contribution in [2.45, 2.75) is 11.5 Å². The molecular formula is C18H20N2O5S. The molecule has 2 rings (SSSR count). The fourth-order valence-electron chi connectivity index (χ4n) is 2.08. The number of carbonyl (C=O) groups excluding carboxylic acids is 2. The fraction of sp³-hybridized carbons (Fsp3) is 0.222. The maximum Gasteiger partial charge on any atom is 0.325 e. The Bertz CT molecular complexity index is 838. The van der Waals surface area contributed by atoms with Gasteiger partial charge in [-0.05, 0) is 17.7 Å². The van der Waals surface area contributed by atoms with Crippen LogP contribution in [-0.2, 0) is 31.0 Å². The molecule has 0 spiro atoms. The maximum atomic E-state index is 12.3. The van der Waals surface area contributed by atoms with Crippen molar-refractivity contribution in [3.8, 4) is 0 Å². The number of ether oxygens (including phenoxy) is 1. The Morgan fingerprint density at radius 2 is 1.58 bits per heavy atom.